The summed E-state index contributed by atoms with van der Waals surface area (Å²) in [4.78, 5) is 9.30. The molecule has 0 bridgehead atoms. The van der Waals surface area contributed by atoms with E-state index in [4.69, 9.17) is 0 Å². The van der Waals surface area contributed by atoms with Gasteiger partial charge in [-0.2, -0.15) is 0 Å². The van der Waals surface area contributed by atoms with E-state index in [1.807, 2.05) is 18.5 Å². The molecule has 2 atom stereocenters. The maximum Gasteiger partial charge on any atom is 0.0502 e. The molecule has 0 aliphatic carbocycles. The molecule has 4 rings (SSSR count). The van der Waals surface area contributed by atoms with E-state index in [1.165, 1.54) is 28.9 Å². The lowest BCUT2D eigenvalue weighted by molar-refractivity contribution is 0.402. The van der Waals surface area contributed by atoms with E-state index in [2.05, 4.69) is 53.0 Å². The number of aryl methyl sites for hydroxylation is 1. The monoisotopic (exact) mass is 279 g/mol. The smallest absolute Gasteiger partial charge is 0.0502 e. The molecule has 3 heterocycles. The van der Waals surface area contributed by atoms with Crippen molar-refractivity contribution in [3.05, 3.63) is 59.4 Å². The fourth-order valence-electron chi connectivity index (χ4n) is 3.90. The second kappa shape index (κ2) is 4.85. The Morgan fingerprint density at radius 1 is 1.24 bits per heavy atom. The van der Waals surface area contributed by atoms with Crippen LogP contribution in [0.1, 0.15) is 22.6 Å². The molecule has 1 fully saturated rings. The molecule has 0 spiro atoms. The number of fused-ring (bicyclic) bond motifs is 3. The Bertz CT molecular complexity index is 653. The molecule has 1 saturated heterocycles. The molecule has 2 aromatic rings. The van der Waals surface area contributed by atoms with Crippen LogP contribution in [0.25, 0.3) is 0 Å². The van der Waals surface area contributed by atoms with E-state index in [9.17, 15) is 0 Å². The van der Waals surface area contributed by atoms with Gasteiger partial charge in [0.1, 0.15) is 0 Å². The van der Waals surface area contributed by atoms with Crippen LogP contribution in [0.5, 0.6) is 0 Å². The Balaban J connectivity index is 1.73. The molecule has 2 aliphatic rings. The van der Waals surface area contributed by atoms with Gasteiger partial charge in [-0.15, -0.1) is 0 Å². The summed E-state index contributed by atoms with van der Waals surface area (Å²) in [7, 11) is 2.23. The Hall–Kier alpha value is -1.87. The summed E-state index contributed by atoms with van der Waals surface area (Å²) < 4.78 is 0. The second-order valence-corrected chi connectivity index (χ2v) is 6.45. The van der Waals surface area contributed by atoms with Crippen molar-refractivity contribution in [2.24, 2.45) is 0 Å². The summed E-state index contributed by atoms with van der Waals surface area (Å²) in [5, 5.41) is 0. The number of hydrogen-bond donors (Lipinski definition) is 0. The van der Waals surface area contributed by atoms with E-state index in [0.29, 0.717) is 12.0 Å². The van der Waals surface area contributed by atoms with Crippen LogP contribution >= 0.6 is 0 Å². The van der Waals surface area contributed by atoms with Crippen LogP contribution in [-0.2, 0) is 6.54 Å². The highest BCUT2D eigenvalue weighted by Crippen LogP contribution is 2.45. The maximum atomic E-state index is 4.26. The van der Waals surface area contributed by atoms with Gasteiger partial charge in [0.15, 0.2) is 0 Å². The van der Waals surface area contributed by atoms with Crippen molar-refractivity contribution >= 4 is 5.69 Å². The third-order valence-electron chi connectivity index (χ3n) is 4.84. The van der Waals surface area contributed by atoms with Crippen molar-refractivity contribution in [1.82, 2.24) is 9.88 Å². The summed E-state index contributed by atoms with van der Waals surface area (Å²) >= 11 is 0. The minimum atomic E-state index is 0.604. The van der Waals surface area contributed by atoms with E-state index in [0.717, 1.165) is 13.1 Å². The first-order valence-electron chi connectivity index (χ1n) is 7.67. The average molecular weight is 279 g/mol. The number of rotatable bonds is 2. The fraction of sp³-hybridized carbons (Fsp3) is 0.389. The van der Waals surface area contributed by atoms with Crippen molar-refractivity contribution < 1.29 is 0 Å². The number of anilines is 1. The Morgan fingerprint density at radius 3 is 2.95 bits per heavy atom. The Morgan fingerprint density at radius 2 is 2.14 bits per heavy atom. The lowest BCUT2D eigenvalue weighted by Gasteiger charge is -2.27. The SMILES string of the molecule is Cc1ccc2c(c1)[C@@H]1CN(C)C[C@@H]1N2Cc1cccnc1. The largest absolute Gasteiger partial charge is 0.362 e. The van der Waals surface area contributed by atoms with Crippen LogP contribution in [0.2, 0.25) is 0 Å². The van der Waals surface area contributed by atoms with Crippen LogP contribution in [0, 0.1) is 6.92 Å². The van der Waals surface area contributed by atoms with Crippen molar-refractivity contribution in [2.75, 3.05) is 25.0 Å². The molecule has 21 heavy (non-hydrogen) atoms. The fourth-order valence-corrected chi connectivity index (χ4v) is 3.90. The third kappa shape index (κ3) is 2.12. The topological polar surface area (TPSA) is 19.4 Å². The van der Waals surface area contributed by atoms with Gasteiger partial charge in [-0.05, 0) is 37.2 Å². The first-order chi connectivity index (χ1) is 10.2. The number of nitrogens with zero attached hydrogens (tertiary/aromatic N) is 3. The van der Waals surface area contributed by atoms with Gasteiger partial charge in [-0.1, -0.05) is 23.8 Å². The van der Waals surface area contributed by atoms with Gasteiger partial charge in [0.05, 0.1) is 6.04 Å². The first-order valence-corrected chi connectivity index (χ1v) is 7.67. The summed E-state index contributed by atoms with van der Waals surface area (Å²) in [6.45, 7) is 5.47. The zero-order chi connectivity index (χ0) is 14.4. The zero-order valence-corrected chi connectivity index (χ0v) is 12.7. The lowest BCUT2D eigenvalue weighted by atomic mass is 9.97. The number of aromatic nitrogens is 1. The summed E-state index contributed by atoms with van der Waals surface area (Å²) in [6, 6.07) is 11.7. The van der Waals surface area contributed by atoms with Crippen LogP contribution in [0.3, 0.4) is 0 Å². The van der Waals surface area contributed by atoms with E-state index < -0.39 is 0 Å². The molecular formula is C18H21N3. The number of likely N-dealkylation sites (tertiary alicyclic amines) is 1. The minimum absolute atomic E-state index is 0.604. The number of hydrogen-bond acceptors (Lipinski definition) is 3. The minimum Gasteiger partial charge on any atom is -0.362 e. The van der Waals surface area contributed by atoms with Crippen molar-refractivity contribution in [3.63, 3.8) is 0 Å². The number of pyridine rings is 1. The highest BCUT2D eigenvalue weighted by molar-refractivity contribution is 5.64. The van der Waals surface area contributed by atoms with Crippen LogP contribution in [0.4, 0.5) is 5.69 Å². The van der Waals surface area contributed by atoms with Gasteiger partial charge in [-0.25, -0.2) is 0 Å². The van der Waals surface area contributed by atoms with Crippen LogP contribution in [0.15, 0.2) is 42.7 Å². The summed E-state index contributed by atoms with van der Waals surface area (Å²) in [6.07, 6.45) is 3.83. The predicted octanol–water partition coefficient (Wildman–Crippen LogP) is 2.81. The normalized spacial score (nSPS) is 24.2. The van der Waals surface area contributed by atoms with Gasteiger partial charge in [0.2, 0.25) is 0 Å². The zero-order valence-electron chi connectivity index (χ0n) is 12.7. The molecule has 0 radical (unpaired) electrons. The van der Waals surface area contributed by atoms with E-state index in [-0.39, 0.29) is 0 Å². The van der Waals surface area contributed by atoms with Crippen LogP contribution < -0.4 is 4.90 Å². The molecule has 1 aromatic heterocycles. The lowest BCUT2D eigenvalue weighted by Crippen LogP contribution is -2.35. The molecule has 3 nitrogen and oxygen atoms in total. The number of benzene rings is 1. The molecule has 108 valence electrons. The molecule has 1 aromatic carbocycles. The van der Waals surface area contributed by atoms with Gasteiger partial charge in [0.25, 0.3) is 0 Å². The number of likely N-dealkylation sites (N-methyl/N-ethyl adjacent to an activating group) is 1. The van der Waals surface area contributed by atoms with Crippen LogP contribution in [-0.4, -0.2) is 36.1 Å². The van der Waals surface area contributed by atoms with Gasteiger partial charge < -0.3 is 9.80 Å². The molecule has 0 amide bonds. The Labute approximate surface area is 126 Å². The Kier molecular flexibility index (Phi) is 2.96. The van der Waals surface area contributed by atoms with E-state index >= 15 is 0 Å². The molecule has 0 unspecified atom stereocenters. The summed E-state index contributed by atoms with van der Waals surface area (Å²) in [5.74, 6) is 0.654. The van der Waals surface area contributed by atoms with Crippen molar-refractivity contribution in [1.29, 1.82) is 0 Å². The quantitative estimate of drug-likeness (QED) is 0.842. The predicted molar refractivity (Wildman–Crippen MR) is 85.6 cm³/mol. The molecular weight excluding hydrogens is 258 g/mol. The van der Waals surface area contributed by atoms with Gasteiger partial charge >= 0.3 is 0 Å². The molecule has 0 N–H and O–H groups in total. The highest BCUT2D eigenvalue weighted by Gasteiger charge is 2.43. The van der Waals surface area contributed by atoms with Gasteiger partial charge in [0, 0.05) is 43.6 Å². The van der Waals surface area contributed by atoms with E-state index in [1.54, 1.807) is 0 Å². The van der Waals surface area contributed by atoms with Gasteiger partial charge in [-0.3, -0.25) is 4.98 Å². The summed E-state index contributed by atoms with van der Waals surface area (Å²) in [5.41, 5.74) is 5.62. The second-order valence-electron chi connectivity index (χ2n) is 6.45. The highest BCUT2D eigenvalue weighted by atomic mass is 15.3. The van der Waals surface area contributed by atoms with Crippen molar-refractivity contribution in [2.45, 2.75) is 25.4 Å². The molecule has 3 heteroatoms. The molecule has 2 aliphatic heterocycles. The van der Waals surface area contributed by atoms with Crippen molar-refractivity contribution in [3.8, 4) is 0 Å². The third-order valence-corrected chi connectivity index (χ3v) is 4.84. The standard InChI is InChI=1S/C18H21N3/c1-13-5-6-17-15(8-13)16-11-20(2)12-18(16)21(17)10-14-4-3-7-19-9-14/h3-9,16,18H,10-12H2,1-2H3/t16-,18-/m0/s1. The maximum absolute atomic E-state index is 4.26. The average Bonchev–Trinajstić information content (AvgIpc) is 2.98. The first kappa shape index (κ1) is 12.8. The molecule has 0 saturated carbocycles.